The van der Waals surface area contributed by atoms with Gasteiger partial charge in [0.1, 0.15) is 5.75 Å². The second kappa shape index (κ2) is 7.87. The van der Waals surface area contributed by atoms with E-state index < -0.39 is 12.1 Å². The van der Waals surface area contributed by atoms with Crippen LogP contribution in [0.2, 0.25) is 0 Å². The first kappa shape index (κ1) is 17.7. The number of benzene rings is 3. The van der Waals surface area contributed by atoms with Gasteiger partial charge in [0.05, 0.1) is 0 Å². The predicted octanol–water partition coefficient (Wildman–Crippen LogP) is 5.05. The molecular weight excluding hydrogens is 324 g/mol. The molecular formula is C23H22O3. The summed E-state index contributed by atoms with van der Waals surface area (Å²) in [7, 11) is 0. The van der Waals surface area contributed by atoms with Gasteiger partial charge in [-0.2, -0.15) is 0 Å². The van der Waals surface area contributed by atoms with Gasteiger partial charge in [0, 0.05) is 6.42 Å². The van der Waals surface area contributed by atoms with E-state index in [1.54, 1.807) is 0 Å². The lowest BCUT2D eigenvalue weighted by atomic mass is 9.96. The Balaban J connectivity index is 1.78. The van der Waals surface area contributed by atoms with Gasteiger partial charge in [-0.3, -0.25) is 0 Å². The lowest BCUT2D eigenvalue weighted by Gasteiger charge is -2.16. The molecule has 0 heterocycles. The predicted molar refractivity (Wildman–Crippen MR) is 104 cm³/mol. The molecule has 0 unspecified atom stereocenters. The first-order valence-corrected chi connectivity index (χ1v) is 8.64. The van der Waals surface area contributed by atoms with Gasteiger partial charge in [0.2, 0.25) is 0 Å². The average molecular weight is 346 g/mol. The van der Waals surface area contributed by atoms with Crippen molar-refractivity contribution in [2.24, 2.45) is 0 Å². The molecule has 3 nitrogen and oxygen atoms in total. The standard InChI is InChI=1S/C23H22O3/c1-16-7-6-8-17(2)22(16)19-11-13-20(14-12-19)26-21(23(24)25)15-18-9-4-3-5-10-18/h3-14,21H,15H2,1-2H3,(H,24,25)/t21-/m0/s1. The molecule has 3 aromatic carbocycles. The van der Waals surface area contributed by atoms with Crippen molar-refractivity contribution >= 4 is 5.97 Å². The van der Waals surface area contributed by atoms with E-state index in [-0.39, 0.29) is 0 Å². The summed E-state index contributed by atoms with van der Waals surface area (Å²) in [5.41, 5.74) is 5.67. The molecule has 0 fully saturated rings. The van der Waals surface area contributed by atoms with Crippen molar-refractivity contribution < 1.29 is 14.6 Å². The van der Waals surface area contributed by atoms with Gasteiger partial charge < -0.3 is 9.84 Å². The summed E-state index contributed by atoms with van der Waals surface area (Å²) in [5.74, 6) is -0.406. The van der Waals surface area contributed by atoms with E-state index in [2.05, 4.69) is 26.0 Å². The molecule has 0 saturated heterocycles. The van der Waals surface area contributed by atoms with Crippen molar-refractivity contribution in [1.82, 2.24) is 0 Å². The third-order valence-electron chi connectivity index (χ3n) is 4.44. The number of aryl methyl sites for hydroxylation is 2. The Labute approximate surface area is 153 Å². The average Bonchev–Trinajstić information content (AvgIpc) is 2.63. The zero-order chi connectivity index (χ0) is 18.5. The van der Waals surface area contributed by atoms with Crippen molar-refractivity contribution in [3.8, 4) is 16.9 Å². The minimum Gasteiger partial charge on any atom is -0.478 e. The molecule has 0 amide bonds. The summed E-state index contributed by atoms with van der Waals surface area (Å²) >= 11 is 0. The highest BCUT2D eigenvalue weighted by Gasteiger charge is 2.20. The van der Waals surface area contributed by atoms with Crippen molar-refractivity contribution in [1.29, 1.82) is 0 Å². The molecule has 1 atom stereocenters. The van der Waals surface area contributed by atoms with Crippen LogP contribution in [0.4, 0.5) is 0 Å². The SMILES string of the molecule is Cc1cccc(C)c1-c1ccc(O[C@@H](Cc2ccccc2)C(=O)O)cc1. The maximum absolute atomic E-state index is 11.6. The molecule has 0 aliphatic carbocycles. The molecule has 0 aliphatic rings. The second-order valence-corrected chi connectivity index (χ2v) is 6.43. The van der Waals surface area contributed by atoms with Gasteiger partial charge in [-0.1, -0.05) is 60.7 Å². The van der Waals surface area contributed by atoms with Gasteiger partial charge >= 0.3 is 5.97 Å². The highest BCUT2D eigenvalue weighted by molar-refractivity contribution is 5.74. The maximum atomic E-state index is 11.6. The lowest BCUT2D eigenvalue weighted by molar-refractivity contribution is -0.145. The fourth-order valence-corrected chi connectivity index (χ4v) is 3.14. The molecule has 0 saturated carbocycles. The van der Waals surface area contributed by atoms with Crippen molar-refractivity contribution in [2.75, 3.05) is 0 Å². The summed E-state index contributed by atoms with van der Waals surface area (Å²) in [6.07, 6.45) is -0.585. The highest BCUT2D eigenvalue weighted by atomic mass is 16.5. The van der Waals surface area contributed by atoms with Crippen LogP contribution in [0.1, 0.15) is 16.7 Å². The van der Waals surface area contributed by atoms with E-state index in [0.29, 0.717) is 12.2 Å². The van der Waals surface area contributed by atoms with Gasteiger partial charge in [-0.15, -0.1) is 0 Å². The van der Waals surface area contributed by atoms with Gasteiger partial charge in [-0.05, 0) is 53.8 Å². The molecule has 3 heteroatoms. The normalized spacial score (nSPS) is 11.8. The van der Waals surface area contributed by atoms with Crippen LogP contribution in [0.3, 0.4) is 0 Å². The third-order valence-corrected chi connectivity index (χ3v) is 4.44. The maximum Gasteiger partial charge on any atom is 0.345 e. The third kappa shape index (κ3) is 4.12. The summed E-state index contributed by atoms with van der Waals surface area (Å²) in [6, 6.07) is 23.4. The Morgan fingerprint density at radius 1 is 0.885 bits per heavy atom. The Morgan fingerprint density at radius 3 is 2.08 bits per heavy atom. The summed E-state index contributed by atoms with van der Waals surface area (Å²) in [5, 5.41) is 9.48. The molecule has 0 bridgehead atoms. The van der Waals surface area contributed by atoms with Crippen LogP contribution >= 0.6 is 0 Å². The molecule has 0 aromatic heterocycles. The van der Waals surface area contributed by atoms with Crippen LogP contribution < -0.4 is 4.74 Å². The summed E-state index contributed by atoms with van der Waals surface area (Å²) in [6.45, 7) is 4.18. The Bertz CT molecular complexity index is 863. The van der Waals surface area contributed by atoms with Gasteiger partial charge in [0.25, 0.3) is 0 Å². The quantitative estimate of drug-likeness (QED) is 0.680. The van der Waals surface area contributed by atoms with Crippen LogP contribution in [-0.4, -0.2) is 17.2 Å². The molecule has 26 heavy (non-hydrogen) atoms. The molecule has 0 aliphatic heterocycles. The number of carboxylic acid groups (broad SMARTS) is 1. The monoisotopic (exact) mass is 346 g/mol. The topological polar surface area (TPSA) is 46.5 Å². The van der Waals surface area contributed by atoms with Crippen molar-refractivity contribution in [3.63, 3.8) is 0 Å². The number of rotatable bonds is 6. The van der Waals surface area contributed by atoms with Crippen LogP contribution in [0.5, 0.6) is 5.75 Å². The second-order valence-electron chi connectivity index (χ2n) is 6.43. The molecule has 132 valence electrons. The fraction of sp³-hybridized carbons (Fsp3) is 0.174. The number of ether oxygens (including phenoxy) is 1. The number of carboxylic acids is 1. The largest absolute Gasteiger partial charge is 0.478 e. The lowest BCUT2D eigenvalue weighted by Crippen LogP contribution is -2.29. The van der Waals surface area contributed by atoms with E-state index in [1.807, 2.05) is 60.7 Å². The van der Waals surface area contributed by atoms with E-state index in [0.717, 1.165) is 11.1 Å². The molecule has 1 N–H and O–H groups in total. The van der Waals surface area contributed by atoms with Crippen molar-refractivity contribution in [2.45, 2.75) is 26.4 Å². The van der Waals surface area contributed by atoms with Gasteiger partial charge in [0.15, 0.2) is 6.10 Å². The Kier molecular flexibility index (Phi) is 5.37. The zero-order valence-corrected chi connectivity index (χ0v) is 15.0. The first-order valence-electron chi connectivity index (χ1n) is 8.64. The van der Waals surface area contributed by atoms with E-state index in [4.69, 9.17) is 4.74 Å². The zero-order valence-electron chi connectivity index (χ0n) is 15.0. The molecule has 3 rings (SSSR count). The van der Waals surface area contributed by atoms with Crippen LogP contribution in [0.25, 0.3) is 11.1 Å². The number of hydrogen-bond acceptors (Lipinski definition) is 2. The van der Waals surface area contributed by atoms with E-state index >= 15 is 0 Å². The summed E-state index contributed by atoms with van der Waals surface area (Å²) in [4.78, 5) is 11.6. The van der Waals surface area contributed by atoms with Crippen molar-refractivity contribution in [3.05, 3.63) is 89.5 Å². The molecule has 0 spiro atoms. The van der Waals surface area contributed by atoms with E-state index in [1.165, 1.54) is 16.7 Å². The first-order chi connectivity index (χ1) is 12.5. The number of carbonyl (C=O) groups is 1. The summed E-state index contributed by atoms with van der Waals surface area (Å²) < 4.78 is 5.73. The van der Waals surface area contributed by atoms with Crippen LogP contribution in [0, 0.1) is 13.8 Å². The number of aliphatic carboxylic acids is 1. The van der Waals surface area contributed by atoms with Crippen LogP contribution in [0.15, 0.2) is 72.8 Å². The highest BCUT2D eigenvalue weighted by Crippen LogP contribution is 2.29. The Hall–Kier alpha value is -3.07. The van der Waals surface area contributed by atoms with Gasteiger partial charge in [-0.25, -0.2) is 4.79 Å². The smallest absolute Gasteiger partial charge is 0.345 e. The Morgan fingerprint density at radius 2 is 1.50 bits per heavy atom. The fourth-order valence-electron chi connectivity index (χ4n) is 3.14. The molecule has 0 radical (unpaired) electrons. The number of hydrogen-bond donors (Lipinski definition) is 1. The van der Waals surface area contributed by atoms with E-state index in [9.17, 15) is 9.90 Å². The molecule has 3 aromatic rings. The minimum absolute atomic E-state index is 0.328. The minimum atomic E-state index is -0.965. The van der Waals surface area contributed by atoms with Crippen LogP contribution in [-0.2, 0) is 11.2 Å².